The third kappa shape index (κ3) is 5.46. The molecule has 0 aliphatic heterocycles. The second-order valence-electron chi connectivity index (χ2n) is 3.80. The first-order valence-electron chi connectivity index (χ1n) is 5.73. The molecule has 96 valence electrons. The van der Waals surface area contributed by atoms with Gasteiger partial charge in [-0.15, -0.1) is 0 Å². The van der Waals surface area contributed by atoms with Gasteiger partial charge in [0.05, 0.1) is 6.04 Å². The molecule has 6 heteroatoms. The summed E-state index contributed by atoms with van der Waals surface area (Å²) in [7, 11) is 1.59. The quantitative estimate of drug-likeness (QED) is 0.614. The number of nitrogens with one attached hydrogen (secondary N) is 1. The summed E-state index contributed by atoms with van der Waals surface area (Å²) in [5, 5.41) is 6.86. The third-order valence-corrected chi connectivity index (χ3v) is 2.39. The van der Waals surface area contributed by atoms with Crippen molar-refractivity contribution in [1.29, 1.82) is 0 Å². The molecule has 3 N–H and O–H groups in total. The Labute approximate surface area is 101 Å². The maximum atomic E-state index is 11.5. The molecule has 1 amide bonds. The summed E-state index contributed by atoms with van der Waals surface area (Å²) in [5.74, 6) is -0.123. The summed E-state index contributed by atoms with van der Waals surface area (Å²) in [6, 6.07) is 1.39. The first-order chi connectivity index (χ1) is 8.24. The smallest absolute Gasteiger partial charge is 0.237 e. The van der Waals surface area contributed by atoms with Gasteiger partial charge in [-0.2, -0.15) is 5.10 Å². The van der Waals surface area contributed by atoms with E-state index < -0.39 is 6.04 Å². The highest BCUT2D eigenvalue weighted by atomic mass is 16.5. The second-order valence-corrected chi connectivity index (χ2v) is 3.80. The topological polar surface area (TPSA) is 82.2 Å². The third-order valence-electron chi connectivity index (χ3n) is 2.39. The highest BCUT2D eigenvalue weighted by molar-refractivity contribution is 5.81. The van der Waals surface area contributed by atoms with Crippen LogP contribution in [0.15, 0.2) is 18.5 Å². The lowest BCUT2D eigenvalue weighted by Gasteiger charge is -2.11. The monoisotopic (exact) mass is 240 g/mol. The Morgan fingerprint density at radius 2 is 2.47 bits per heavy atom. The lowest BCUT2D eigenvalue weighted by molar-refractivity contribution is -0.122. The van der Waals surface area contributed by atoms with Crippen molar-refractivity contribution in [1.82, 2.24) is 15.1 Å². The van der Waals surface area contributed by atoms with Crippen LogP contribution < -0.4 is 11.1 Å². The van der Waals surface area contributed by atoms with Crippen molar-refractivity contribution < 1.29 is 9.53 Å². The lowest BCUT2D eigenvalue weighted by atomic mass is 10.2. The van der Waals surface area contributed by atoms with Crippen molar-refractivity contribution in [2.75, 3.05) is 20.3 Å². The van der Waals surface area contributed by atoms with Gasteiger partial charge in [-0.1, -0.05) is 0 Å². The van der Waals surface area contributed by atoms with Gasteiger partial charge < -0.3 is 15.8 Å². The number of methoxy groups -OCH3 is 1. The van der Waals surface area contributed by atoms with Crippen molar-refractivity contribution >= 4 is 5.91 Å². The van der Waals surface area contributed by atoms with Crippen LogP contribution in [-0.4, -0.2) is 42.0 Å². The van der Waals surface area contributed by atoms with Gasteiger partial charge in [0.25, 0.3) is 0 Å². The van der Waals surface area contributed by atoms with Crippen LogP contribution in [0.4, 0.5) is 0 Å². The van der Waals surface area contributed by atoms with E-state index in [4.69, 9.17) is 10.5 Å². The number of carbonyl (C=O) groups is 1. The van der Waals surface area contributed by atoms with Crippen molar-refractivity contribution in [3.63, 3.8) is 0 Å². The number of hydrogen-bond acceptors (Lipinski definition) is 4. The Hall–Kier alpha value is -1.40. The molecule has 0 spiro atoms. The largest absolute Gasteiger partial charge is 0.385 e. The number of nitrogens with zero attached hydrogens (tertiary/aromatic N) is 2. The molecule has 0 radical (unpaired) electrons. The molecule has 0 aliphatic rings. The van der Waals surface area contributed by atoms with E-state index in [2.05, 4.69) is 10.4 Å². The van der Waals surface area contributed by atoms with Crippen LogP contribution in [-0.2, 0) is 16.1 Å². The van der Waals surface area contributed by atoms with Crippen LogP contribution in [0.1, 0.15) is 12.8 Å². The normalized spacial score (nSPS) is 12.4. The Morgan fingerprint density at radius 3 is 3.12 bits per heavy atom. The number of nitrogens with two attached hydrogens (primary N) is 1. The van der Waals surface area contributed by atoms with E-state index in [1.54, 1.807) is 13.3 Å². The molecule has 1 aromatic rings. The number of carbonyl (C=O) groups excluding carboxylic acids is 1. The number of amides is 1. The fourth-order valence-electron chi connectivity index (χ4n) is 1.39. The van der Waals surface area contributed by atoms with Gasteiger partial charge in [0.1, 0.15) is 0 Å². The molecule has 0 bridgehead atoms. The maximum Gasteiger partial charge on any atom is 0.237 e. The minimum atomic E-state index is -0.486. The number of rotatable bonds is 8. The van der Waals surface area contributed by atoms with E-state index >= 15 is 0 Å². The zero-order chi connectivity index (χ0) is 12.5. The number of aromatic nitrogens is 2. The zero-order valence-corrected chi connectivity index (χ0v) is 10.1. The van der Waals surface area contributed by atoms with Gasteiger partial charge in [-0.25, -0.2) is 0 Å². The van der Waals surface area contributed by atoms with Gasteiger partial charge in [-0.3, -0.25) is 9.48 Å². The molecule has 1 heterocycles. The minimum absolute atomic E-state index is 0.123. The Bertz CT molecular complexity index is 313. The molecular weight excluding hydrogens is 220 g/mol. The molecule has 0 aliphatic carbocycles. The highest BCUT2D eigenvalue weighted by Crippen LogP contribution is 1.91. The average molecular weight is 240 g/mol. The van der Waals surface area contributed by atoms with Crippen LogP contribution in [0.25, 0.3) is 0 Å². The predicted octanol–water partition coefficient (Wildman–Crippen LogP) is -0.247. The zero-order valence-electron chi connectivity index (χ0n) is 10.1. The molecule has 1 unspecified atom stereocenters. The van der Waals surface area contributed by atoms with Crippen molar-refractivity contribution in [2.45, 2.75) is 25.4 Å². The Balaban J connectivity index is 2.07. The van der Waals surface area contributed by atoms with E-state index in [0.717, 1.165) is 13.0 Å². The van der Waals surface area contributed by atoms with Crippen LogP contribution in [0.2, 0.25) is 0 Å². The summed E-state index contributed by atoms with van der Waals surface area (Å²) >= 11 is 0. The van der Waals surface area contributed by atoms with E-state index in [-0.39, 0.29) is 5.91 Å². The van der Waals surface area contributed by atoms with E-state index in [1.807, 2.05) is 16.9 Å². The van der Waals surface area contributed by atoms with Gasteiger partial charge in [0.15, 0.2) is 0 Å². The molecule has 0 saturated carbocycles. The summed E-state index contributed by atoms with van der Waals surface area (Å²) in [6.07, 6.45) is 5.01. The molecule has 0 fully saturated rings. The SMILES string of the molecule is COCCC(N)C(=O)NCCCn1cccn1. The van der Waals surface area contributed by atoms with E-state index in [9.17, 15) is 4.79 Å². The highest BCUT2D eigenvalue weighted by Gasteiger charge is 2.11. The maximum absolute atomic E-state index is 11.5. The Morgan fingerprint density at radius 1 is 1.65 bits per heavy atom. The van der Waals surface area contributed by atoms with Gasteiger partial charge in [0, 0.05) is 39.2 Å². The molecule has 0 aromatic carbocycles. The summed E-state index contributed by atoms with van der Waals surface area (Å²) < 4.78 is 6.70. The fraction of sp³-hybridized carbons (Fsp3) is 0.636. The number of ether oxygens (including phenoxy) is 1. The van der Waals surface area contributed by atoms with Gasteiger partial charge >= 0.3 is 0 Å². The Kier molecular flexibility index (Phi) is 6.27. The van der Waals surface area contributed by atoms with E-state index in [1.165, 1.54) is 0 Å². The first-order valence-corrected chi connectivity index (χ1v) is 5.73. The molecule has 1 rings (SSSR count). The van der Waals surface area contributed by atoms with Crippen LogP contribution in [0, 0.1) is 0 Å². The molecule has 1 aromatic heterocycles. The van der Waals surface area contributed by atoms with E-state index in [0.29, 0.717) is 19.6 Å². The van der Waals surface area contributed by atoms with Crippen LogP contribution in [0.3, 0.4) is 0 Å². The van der Waals surface area contributed by atoms with Crippen LogP contribution >= 0.6 is 0 Å². The predicted molar refractivity (Wildman–Crippen MR) is 64.3 cm³/mol. The standard InChI is InChI=1S/C11H20N4O2/c1-17-9-4-10(12)11(16)13-5-2-7-15-8-3-6-14-15/h3,6,8,10H,2,4-5,7,9,12H2,1H3,(H,13,16). The number of hydrogen-bond donors (Lipinski definition) is 2. The molecule has 1 atom stereocenters. The lowest BCUT2D eigenvalue weighted by Crippen LogP contribution is -2.41. The molecule has 0 saturated heterocycles. The minimum Gasteiger partial charge on any atom is -0.385 e. The number of aryl methyl sites for hydroxylation is 1. The van der Waals surface area contributed by atoms with Crippen molar-refractivity contribution in [3.05, 3.63) is 18.5 Å². The summed E-state index contributed by atoms with van der Waals surface area (Å²) in [5.41, 5.74) is 5.67. The first kappa shape index (κ1) is 13.7. The fourth-order valence-corrected chi connectivity index (χ4v) is 1.39. The van der Waals surface area contributed by atoms with Gasteiger partial charge in [0.2, 0.25) is 5.91 Å². The molecule has 6 nitrogen and oxygen atoms in total. The summed E-state index contributed by atoms with van der Waals surface area (Å²) in [6.45, 7) is 1.90. The average Bonchev–Trinajstić information content (AvgIpc) is 2.84. The second kappa shape index (κ2) is 7.81. The van der Waals surface area contributed by atoms with Crippen LogP contribution in [0.5, 0.6) is 0 Å². The molecule has 17 heavy (non-hydrogen) atoms. The van der Waals surface area contributed by atoms with Gasteiger partial charge in [-0.05, 0) is 18.9 Å². The van der Waals surface area contributed by atoms with Crippen molar-refractivity contribution in [2.24, 2.45) is 5.73 Å². The summed E-state index contributed by atoms with van der Waals surface area (Å²) in [4.78, 5) is 11.5. The van der Waals surface area contributed by atoms with Crippen molar-refractivity contribution in [3.8, 4) is 0 Å². The molecular formula is C11H20N4O2.